The number of benzene rings is 2. The lowest BCUT2D eigenvalue weighted by atomic mass is 9.87. The van der Waals surface area contributed by atoms with Crippen LogP contribution >= 0.6 is 0 Å². The molecule has 3 N–H and O–H groups in total. The number of aliphatic hydroxyl groups is 1. The Morgan fingerprint density at radius 3 is 2.60 bits per heavy atom. The smallest absolute Gasteiger partial charge is 0.404 e. The molecule has 0 radical (unpaired) electrons. The molecular formula is C22H23FN2O5. The van der Waals surface area contributed by atoms with Crippen molar-refractivity contribution in [2.24, 2.45) is 0 Å². The molecule has 0 spiro atoms. The van der Waals surface area contributed by atoms with Gasteiger partial charge in [0, 0.05) is 13.0 Å². The van der Waals surface area contributed by atoms with Gasteiger partial charge in [0.15, 0.2) is 0 Å². The summed E-state index contributed by atoms with van der Waals surface area (Å²) < 4.78 is 19.1. The fourth-order valence-electron chi connectivity index (χ4n) is 4.27. The van der Waals surface area contributed by atoms with Gasteiger partial charge in [-0.3, -0.25) is 4.79 Å². The maximum atomic E-state index is 13.5. The third-order valence-corrected chi connectivity index (χ3v) is 5.74. The highest BCUT2D eigenvalue weighted by atomic mass is 19.1. The zero-order valence-corrected chi connectivity index (χ0v) is 16.2. The molecule has 4 atom stereocenters. The van der Waals surface area contributed by atoms with E-state index in [2.05, 4.69) is 5.32 Å². The normalized spacial score (nSPS) is 26.0. The van der Waals surface area contributed by atoms with Gasteiger partial charge in [-0.25, -0.2) is 9.18 Å². The van der Waals surface area contributed by atoms with Crippen molar-refractivity contribution in [1.29, 1.82) is 0 Å². The predicted molar refractivity (Wildman–Crippen MR) is 105 cm³/mol. The van der Waals surface area contributed by atoms with Crippen molar-refractivity contribution in [2.75, 3.05) is 13.2 Å². The van der Waals surface area contributed by atoms with E-state index in [0.717, 1.165) is 16.7 Å². The van der Waals surface area contributed by atoms with E-state index in [1.807, 2.05) is 24.3 Å². The van der Waals surface area contributed by atoms with Crippen LogP contribution in [0.4, 0.5) is 9.18 Å². The molecule has 30 heavy (non-hydrogen) atoms. The quantitative estimate of drug-likeness (QED) is 0.714. The van der Waals surface area contributed by atoms with Crippen LogP contribution in [-0.2, 0) is 16.0 Å². The van der Waals surface area contributed by atoms with Crippen LogP contribution in [0.25, 0.3) is 0 Å². The first kappa shape index (κ1) is 20.3. The molecule has 4 rings (SSSR count). The van der Waals surface area contributed by atoms with Crippen LogP contribution in [0.5, 0.6) is 0 Å². The highest BCUT2D eigenvalue weighted by molar-refractivity contribution is 5.82. The summed E-state index contributed by atoms with van der Waals surface area (Å²) in [4.78, 5) is 26.1. The van der Waals surface area contributed by atoms with Crippen LogP contribution < -0.4 is 5.32 Å². The molecule has 2 heterocycles. The minimum atomic E-state index is -1.26. The average Bonchev–Trinajstić information content (AvgIpc) is 2.74. The van der Waals surface area contributed by atoms with E-state index >= 15 is 0 Å². The van der Waals surface area contributed by atoms with E-state index in [-0.39, 0.29) is 24.8 Å². The van der Waals surface area contributed by atoms with Gasteiger partial charge in [0.25, 0.3) is 5.91 Å². The molecule has 0 bridgehead atoms. The van der Waals surface area contributed by atoms with Gasteiger partial charge in [0.2, 0.25) is 0 Å². The van der Waals surface area contributed by atoms with Gasteiger partial charge in [0.1, 0.15) is 11.9 Å². The number of fused-ring (bicyclic) bond motifs is 1. The Balaban J connectivity index is 1.64. The maximum Gasteiger partial charge on any atom is 0.404 e. The fraction of sp³-hybridized carbons (Fsp3) is 0.364. The third kappa shape index (κ3) is 4.01. The molecular weight excluding hydrogens is 391 g/mol. The SMILES string of the molecule is O=C(O)N[C@H]1C[C@H](C(=O)N2CCc3ccccc3[C@@H]2c2ccc(F)cc2)OC[C@@H]1O. The van der Waals surface area contributed by atoms with Gasteiger partial charge >= 0.3 is 6.09 Å². The Labute approximate surface area is 173 Å². The summed E-state index contributed by atoms with van der Waals surface area (Å²) in [5.41, 5.74) is 2.88. The first-order chi connectivity index (χ1) is 14.4. The van der Waals surface area contributed by atoms with Crippen molar-refractivity contribution in [3.8, 4) is 0 Å². The molecule has 2 aromatic carbocycles. The van der Waals surface area contributed by atoms with Crippen LogP contribution in [0, 0.1) is 5.82 Å². The molecule has 158 valence electrons. The molecule has 2 aromatic rings. The first-order valence-corrected chi connectivity index (χ1v) is 9.87. The van der Waals surface area contributed by atoms with Crippen molar-refractivity contribution in [1.82, 2.24) is 10.2 Å². The van der Waals surface area contributed by atoms with Crippen molar-refractivity contribution in [2.45, 2.75) is 37.1 Å². The van der Waals surface area contributed by atoms with Gasteiger partial charge in [-0.15, -0.1) is 0 Å². The van der Waals surface area contributed by atoms with Crippen molar-refractivity contribution in [3.63, 3.8) is 0 Å². The second kappa shape index (κ2) is 8.41. The number of aliphatic hydroxyl groups excluding tert-OH is 1. The lowest BCUT2D eigenvalue weighted by molar-refractivity contribution is -0.155. The molecule has 7 nitrogen and oxygen atoms in total. The first-order valence-electron chi connectivity index (χ1n) is 9.87. The molecule has 0 saturated carbocycles. The Hall–Kier alpha value is -2.97. The van der Waals surface area contributed by atoms with Gasteiger partial charge in [-0.1, -0.05) is 36.4 Å². The number of carboxylic acid groups (broad SMARTS) is 1. The molecule has 1 fully saturated rings. The largest absolute Gasteiger partial charge is 0.465 e. The molecule has 2 aliphatic rings. The van der Waals surface area contributed by atoms with E-state index in [1.54, 1.807) is 17.0 Å². The standard InChI is InChI=1S/C22H23FN2O5/c23-15-7-5-14(6-8-15)20-16-4-2-1-3-13(16)9-10-25(20)21(27)19-11-17(24-22(28)29)18(26)12-30-19/h1-8,17-20,24,26H,9-12H2,(H,28,29)/t17-,18-,19+,20-/m0/s1. The number of rotatable bonds is 3. The Morgan fingerprint density at radius 1 is 1.13 bits per heavy atom. The Bertz CT molecular complexity index is 935. The number of amides is 2. The number of carbonyl (C=O) groups excluding carboxylic acids is 1. The number of hydrogen-bond acceptors (Lipinski definition) is 4. The van der Waals surface area contributed by atoms with E-state index in [0.29, 0.717) is 13.0 Å². The van der Waals surface area contributed by atoms with Crippen molar-refractivity contribution >= 4 is 12.0 Å². The second-order valence-corrected chi connectivity index (χ2v) is 7.62. The predicted octanol–water partition coefficient (Wildman–Crippen LogP) is 2.09. The number of hydrogen-bond donors (Lipinski definition) is 3. The number of halogens is 1. The van der Waals surface area contributed by atoms with Crippen LogP contribution in [0.1, 0.15) is 29.2 Å². The lowest BCUT2D eigenvalue weighted by Crippen LogP contribution is -2.55. The van der Waals surface area contributed by atoms with Crippen molar-refractivity contribution in [3.05, 3.63) is 71.0 Å². The highest BCUT2D eigenvalue weighted by Crippen LogP contribution is 2.36. The minimum Gasteiger partial charge on any atom is -0.465 e. The van der Waals surface area contributed by atoms with Crippen LogP contribution in [0.15, 0.2) is 48.5 Å². The summed E-state index contributed by atoms with van der Waals surface area (Å²) in [5.74, 6) is -0.629. The summed E-state index contributed by atoms with van der Waals surface area (Å²) >= 11 is 0. The van der Waals surface area contributed by atoms with Crippen LogP contribution in [0.3, 0.4) is 0 Å². The lowest BCUT2D eigenvalue weighted by Gasteiger charge is -2.41. The maximum absolute atomic E-state index is 13.5. The summed E-state index contributed by atoms with van der Waals surface area (Å²) in [6.45, 7) is 0.324. The van der Waals surface area contributed by atoms with Gasteiger partial charge in [-0.05, 0) is 35.2 Å². The minimum absolute atomic E-state index is 0.0422. The number of nitrogens with one attached hydrogen (secondary N) is 1. The van der Waals surface area contributed by atoms with Gasteiger partial charge < -0.3 is 25.2 Å². The van der Waals surface area contributed by atoms with Crippen LogP contribution in [-0.4, -0.2) is 58.5 Å². The molecule has 0 unspecified atom stereocenters. The van der Waals surface area contributed by atoms with E-state index in [9.17, 15) is 19.1 Å². The van der Waals surface area contributed by atoms with E-state index < -0.39 is 30.4 Å². The molecule has 2 aliphatic heterocycles. The van der Waals surface area contributed by atoms with Crippen molar-refractivity contribution < 1.29 is 28.9 Å². The topological polar surface area (TPSA) is 99.1 Å². The summed E-state index contributed by atoms with van der Waals surface area (Å²) in [6, 6.07) is 12.7. The zero-order valence-electron chi connectivity index (χ0n) is 16.2. The summed E-state index contributed by atoms with van der Waals surface area (Å²) in [7, 11) is 0. The number of ether oxygens (including phenoxy) is 1. The molecule has 0 aromatic heterocycles. The highest BCUT2D eigenvalue weighted by Gasteiger charge is 2.40. The third-order valence-electron chi connectivity index (χ3n) is 5.74. The molecule has 1 saturated heterocycles. The van der Waals surface area contributed by atoms with Gasteiger partial charge in [-0.2, -0.15) is 0 Å². The number of carbonyl (C=O) groups is 2. The molecule has 8 heteroatoms. The zero-order chi connectivity index (χ0) is 21.3. The Kier molecular flexibility index (Phi) is 5.69. The van der Waals surface area contributed by atoms with E-state index in [1.165, 1.54) is 12.1 Å². The average molecular weight is 414 g/mol. The second-order valence-electron chi connectivity index (χ2n) is 7.62. The van der Waals surface area contributed by atoms with Crippen LogP contribution in [0.2, 0.25) is 0 Å². The molecule has 0 aliphatic carbocycles. The van der Waals surface area contributed by atoms with E-state index in [4.69, 9.17) is 9.84 Å². The molecule has 2 amide bonds. The summed E-state index contributed by atoms with van der Waals surface area (Å²) in [6.07, 6.45) is -2.44. The fourth-order valence-corrected chi connectivity index (χ4v) is 4.27. The monoisotopic (exact) mass is 414 g/mol. The van der Waals surface area contributed by atoms with Gasteiger partial charge in [0.05, 0.1) is 24.8 Å². The Morgan fingerprint density at radius 2 is 1.87 bits per heavy atom. The number of nitrogens with zero attached hydrogens (tertiary/aromatic N) is 1. The summed E-state index contributed by atoms with van der Waals surface area (Å²) in [5, 5.41) is 21.3.